The molecule has 3 rings (SSSR count). The number of thiazole rings is 1. The van der Waals surface area contributed by atoms with E-state index in [-0.39, 0.29) is 28.0 Å². The number of urea groups is 1. The van der Waals surface area contributed by atoms with Crippen LogP contribution < -0.4 is 14.5 Å². The van der Waals surface area contributed by atoms with Crippen molar-refractivity contribution in [3.8, 4) is 0 Å². The monoisotopic (exact) mass is 529 g/mol. The van der Waals surface area contributed by atoms with Gasteiger partial charge in [-0.25, -0.2) is 18.2 Å². The van der Waals surface area contributed by atoms with E-state index in [1.54, 1.807) is 12.1 Å². The fraction of sp³-hybridized carbons (Fsp3) is 0.450. The largest absolute Gasteiger partial charge is 0.755 e. The van der Waals surface area contributed by atoms with E-state index >= 15 is 0 Å². The summed E-state index contributed by atoms with van der Waals surface area (Å²) in [6.45, 7) is 0.180. The Morgan fingerprint density at radius 2 is 1.91 bits per heavy atom. The van der Waals surface area contributed by atoms with Crippen molar-refractivity contribution in [2.75, 3.05) is 33.9 Å². The normalized spacial score (nSPS) is 15.1. The minimum atomic E-state index is -3.38. The molecule has 0 aliphatic heterocycles. The van der Waals surface area contributed by atoms with Crippen LogP contribution in [0.4, 0.5) is 20.6 Å². The first-order valence-electron chi connectivity index (χ1n) is 10.5. The average molecular weight is 530 g/mol. The molecule has 11 nitrogen and oxygen atoms in total. The first kappa shape index (κ1) is 26.1. The maximum atomic E-state index is 13.2. The quantitative estimate of drug-likeness (QED) is 0.444. The molecule has 34 heavy (non-hydrogen) atoms. The lowest BCUT2D eigenvalue weighted by Crippen LogP contribution is -2.38. The van der Waals surface area contributed by atoms with E-state index < -0.39 is 33.1 Å². The second kappa shape index (κ2) is 11.3. The smallest absolute Gasteiger partial charge is 0.328 e. The molecule has 1 saturated carbocycles. The van der Waals surface area contributed by atoms with Crippen LogP contribution in [0.15, 0.2) is 35.4 Å². The van der Waals surface area contributed by atoms with Crippen molar-refractivity contribution in [3.63, 3.8) is 0 Å². The molecule has 2 amide bonds. The summed E-state index contributed by atoms with van der Waals surface area (Å²) in [4.78, 5) is 29.7. The number of aromatic nitrogens is 1. The van der Waals surface area contributed by atoms with Gasteiger partial charge in [0.25, 0.3) is 0 Å². The van der Waals surface area contributed by atoms with Gasteiger partial charge in [0.05, 0.1) is 17.5 Å². The summed E-state index contributed by atoms with van der Waals surface area (Å²) >= 11 is -1.80. The van der Waals surface area contributed by atoms with Crippen molar-refractivity contribution in [1.29, 1.82) is 0 Å². The molecule has 0 radical (unpaired) electrons. The van der Waals surface area contributed by atoms with Crippen molar-refractivity contribution in [1.82, 2.24) is 4.98 Å². The average Bonchev–Trinajstić information content (AvgIpc) is 3.43. The fourth-order valence-corrected chi connectivity index (χ4v) is 5.78. The van der Waals surface area contributed by atoms with Gasteiger partial charge in [-0.2, -0.15) is 0 Å². The molecule has 1 aromatic heterocycles. The van der Waals surface area contributed by atoms with Crippen LogP contribution in [0.25, 0.3) is 0 Å². The second-order valence-corrected chi connectivity index (χ2v) is 11.8. The Hall–Kier alpha value is -2.55. The summed E-state index contributed by atoms with van der Waals surface area (Å²) in [6.07, 6.45) is 6.12. The maximum Gasteiger partial charge on any atom is 0.328 e. The number of anilines is 3. The molecule has 0 spiro atoms. The molecular formula is C20H25N4O7S3-. The Morgan fingerprint density at radius 1 is 1.26 bits per heavy atom. The van der Waals surface area contributed by atoms with Crippen molar-refractivity contribution < 1.29 is 31.9 Å². The number of carboxylic acid groups (broad SMARTS) is 1. The van der Waals surface area contributed by atoms with Gasteiger partial charge in [0, 0.05) is 36.3 Å². The van der Waals surface area contributed by atoms with Crippen molar-refractivity contribution >= 4 is 60.3 Å². The molecule has 2 aromatic rings. The Morgan fingerprint density at radius 3 is 2.47 bits per heavy atom. The van der Waals surface area contributed by atoms with Gasteiger partial charge >= 0.3 is 12.0 Å². The Balaban J connectivity index is 1.79. The molecule has 1 unspecified atom stereocenters. The number of nitrogens with one attached hydrogen (secondary N) is 1. The van der Waals surface area contributed by atoms with Crippen molar-refractivity contribution in [2.24, 2.45) is 5.92 Å². The molecule has 1 aromatic carbocycles. The number of rotatable bonds is 10. The zero-order valence-corrected chi connectivity index (χ0v) is 20.8. The number of sulfone groups is 1. The Labute approximate surface area is 204 Å². The first-order chi connectivity index (χ1) is 16.0. The van der Waals surface area contributed by atoms with Gasteiger partial charge in [-0.1, -0.05) is 24.2 Å². The predicted octanol–water partition coefficient (Wildman–Crippen LogP) is 2.85. The van der Waals surface area contributed by atoms with Crippen LogP contribution in [-0.4, -0.2) is 58.6 Å². The lowest BCUT2D eigenvalue weighted by atomic mass is 10.1. The summed E-state index contributed by atoms with van der Waals surface area (Å²) in [5.41, 5.74) is 0.525. The summed E-state index contributed by atoms with van der Waals surface area (Å²) < 4.78 is 47.4. The summed E-state index contributed by atoms with van der Waals surface area (Å²) in [6, 6.07) is 5.56. The minimum absolute atomic E-state index is 0.147. The summed E-state index contributed by atoms with van der Waals surface area (Å²) in [5, 5.41) is 11.8. The Kier molecular flexibility index (Phi) is 8.62. The number of carbonyl (C=O) groups excluding carboxylic acids is 1. The highest BCUT2D eigenvalue weighted by Gasteiger charge is 2.25. The van der Waals surface area contributed by atoms with Gasteiger partial charge in [0.1, 0.15) is 5.00 Å². The van der Waals surface area contributed by atoms with Crippen molar-refractivity contribution in [2.45, 2.75) is 37.0 Å². The molecule has 14 heteroatoms. The topological polar surface area (TPSA) is 160 Å². The van der Waals surface area contributed by atoms with E-state index in [4.69, 9.17) is 5.11 Å². The molecule has 1 atom stereocenters. The molecule has 0 bridgehead atoms. The van der Waals surface area contributed by atoms with Crippen LogP contribution in [0.5, 0.6) is 0 Å². The summed E-state index contributed by atoms with van der Waals surface area (Å²) in [5.74, 6) is -0.834. The number of carbonyl (C=O) groups is 2. The van der Waals surface area contributed by atoms with Gasteiger partial charge in [0.2, 0.25) is 0 Å². The SMILES string of the molecule is CS(=O)(=O)c1ccc(N(CC2CCCC2)C(=O)Nc2ncc(N(CCC(=O)O)S(=O)[O-])s2)cc1. The lowest BCUT2D eigenvalue weighted by molar-refractivity contribution is -0.136. The van der Waals surface area contributed by atoms with Crippen LogP contribution in [0.3, 0.4) is 0 Å². The standard InChI is InChI=1S/C20H26N4O7S3/c1-34(30,31)16-8-6-15(7-9-16)23(13-14-4-2-3-5-14)20(27)22-19-21-12-17(32-19)24(33(28)29)11-10-18(25)26/h6-9,12,14H,2-5,10-11,13H2,1H3,(H,25,26)(H,28,29)(H,21,22,27)/p-1. The molecule has 0 saturated heterocycles. The van der Waals surface area contributed by atoms with E-state index in [2.05, 4.69) is 10.3 Å². The van der Waals surface area contributed by atoms with Gasteiger partial charge in [0.15, 0.2) is 15.0 Å². The molecule has 1 fully saturated rings. The molecule has 1 aliphatic carbocycles. The van der Waals surface area contributed by atoms with E-state index in [1.807, 2.05) is 0 Å². The van der Waals surface area contributed by atoms with Crippen LogP contribution in [0, 0.1) is 5.92 Å². The highest BCUT2D eigenvalue weighted by molar-refractivity contribution is 7.90. The number of aliphatic carboxylic acids is 1. The molecule has 2 N–H and O–H groups in total. The first-order valence-corrected chi connectivity index (χ1v) is 14.2. The number of amides is 2. The van der Waals surface area contributed by atoms with Gasteiger partial charge in [-0.05, 0) is 43.0 Å². The third kappa shape index (κ3) is 6.98. The fourth-order valence-electron chi connectivity index (χ4n) is 3.68. The van der Waals surface area contributed by atoms with Crippen LogP contribution in [-0.2, 0) is 25.9 Å². The Bertz CT molecular complexity index is 1150. The number of nitrogens with zero attached hydrogens (tertiary/aromatic N) is 3. The zero-order valence-electron chi connectivity index (χ0n) is 18.4. The lowest BCUT2D eigenvalue weighted by Gasteiger charge is -2.26. The van der Waals surface area contributed by atoms with E-state index in [0.29, 0.717) is 18.2 Å². The highest BCUT2D eigenvalue weighted by Crippen LogP contribution is 2.31. The number of hydrogen-bond donors (Lipinski definition) is 2. The third-order valence-electron chi connectivity index (χ3n) is 5.40. The zero-order chi connectivity index (χ0) is 24.9. The van der Waals surface area contributed by atoms with Crippen molar-refractivity contribution in [3.05, 3.63) is 30.5 Å². The van der Waals surface area contributed by atoms with Gasteiger partial charge in [-0.15, -0.1) is 0 Å². The maximum absolute atomic E-state index is 13.2. The van der Waals surface area contributed by atoms with Crippen LogP contribution >= 0.6 is 11.3 Å². The molecule has 1 aliphatic rings. The summed E-state index contributed by atoms with van der Waals surface area (Å²) in [7, 11) is -3.38. The van der Waals surface area contributed by atoms with E-state index in [0.717, 1.165) is 47.6 Å². The number of carboxylic acids is 1. The van der Waals surface area contributed by atoms with E-state index in [1.165, 1.54) is 23.2 Å². The molecular weight excluding hydrogens is 504 g/mol. The third-order valence-corrected chi connectivity index (χ3v) is 8.32. The van der Waals surface area contributed by atoms with Gasteiger partial charge in [-0.3, -0.25) is 23.5 Å². The molecule has 1 heterocycles. The number of hydrogen-bond acceptors (Lipinski definition) is 8. The van der Waals surface area contributed by atoms with Crippen LogP contribution in [0.1, 0.15) is 32.1 Å². The highest BCUT2D eigenvalue weighted by atomic mass is 32.2. The molecule has 186 valence electrons. The minimum Gasteiger partial charge on any atom is -0.755 e. The van der Waals surface area contributed by atoms with Gasteiger partial charge < -0.3 is 9.66 Å². The second-order valence-electron chi connectivity index (χ2n) is 7.92. The number of benzene rings is 1. The predicted molar refractivity (Wildman–Crippen MR) is 129 cm³/mol. The van der Waals surface area contributed by atoms with E-state index in [9.17, 15) is 26.8 Å². The van der Waals surface area contributed by atoms with Crippen LogP contribution in [0.2, 0.25) is 0 Å².